The van der Waals surface area contributed by atoms with Gasteiger partial charge in [-0.25, -0.2) is 0 Å². The number of nitrogens with zero attached hydrogens (tertiary/aromatic N) is 1. The average molecular weight is 189 g/mol. The molecule has 2 aliphatic rings. The summed E-state index contributed by atoms with van der Waals surface area (Å²) < 4.78 is 0. The summed E-state index contributed by atoms with van der Waals surface area (Å²) in [5.74, 6) is 2.78. The molecular weight excluding hydrogens is 174 g/mol. The summed E-state index contributed by atoms with van der Waals surface area (Å²) in [5, 5.41) is 1.81. The Labute approximate surface area is 77.3 Å². The zero-order valence-corrected chi connectivity index (χ0v) is 8.59. The third-order valence-electron chi connectivity index (χ3n) is 2.14. The molecule has 0 unspecified atom stereocenters. The van der Waals surface area contributed by atoms with E-state index in [-0.39, 0.29) is 0 Å². The molecule has 64 valence electrons. The molecule has 0 aromatic carbocycles. The van der Waals surface area contributed by atoms with E-state index in [4.69, 9.17) is 0 Å². The lowest BCUT2D eigenvalue weighted by Crippen LogP contribution is -2.29. The third-order valence-corrected chi connectivity index (χ3v) is 3.95. The highest BCUT2D eigenvalue weighted by Crippen LogP contribution is 2.43. The fourth-order valence-corrected chi connectivity index (χ4v) is 2.80. The van der Waals surface area contributed by atoms with Gasteiger partial charge in [0.1, 0.15) is 0 Å². The maximum atomic E-state index is 2.69. The van der Waals surface area contributed by atoms with E-state index in [0.717, 1.165) is 10.7 Å². The van der Waals surface area contributed by atoms with Crippen LogP contribution in [0.3, 0.4) is 0 Å². The van der Waals surface area contributed by atoms with Crippen LogP contribution in [-0.2, 0) is 0 Å². The summed E-state index contributed by atoms with van der Waals surface area (Å²) in [4.78, 5) is 2.69. The SMILES string of the molecule is CCCCN([C@@H]1CS1)[C@H]1CS1. The minimum absolute atomic E-state index is 0.904. The molecule has 2 atom stereocenters. The van der Waals surface area contributed by atoms with E-state index in [0.29, 0.717) is 0 Å². The van der Waals surface area contributed by atoms with E-state index >= 15 is 0 Å². The van der Waals surface area contributed by atoms with Gasteiger partial charge in [-0.2, -0.15) is 0 Å². The van der Waals surface area contributed by atoms with Gasteiger partial charge in [0.25, 0.3) is 0 Å². The maximum absolute atomic E-state index is 2.69. The number of hydrogen-bond donors (Lipinski definition) is 0. The van der Waals surface area contributed by atoms with Crippen molar-refractivity contribution in [1.29, 1.82) is 0 Å². The van der Waals surface area contributed by atoms with Gasteiger partial charge in [-0.1, -0.05) is 13.3 Å². The van der Waals surface area contributed by atoms with Crippen LogP contribution in [0.2, 0.25) is 0 Å². The second-order valence-corrected chi connectivity index (χ2v) is 5.59. The Balaban J connectivity index is 1.73. The number of unbranched alkanes of at least 4 members (excludes halogenated alkanes) is 1. The first-order valence-electron chi connectivity index (χ1n) is 4.40. The van der Waals surface area contributed by atoms with Crippen LogP contribution in [0.4, 0.5) is 0 Å². The largest absolute Gasteiger partial charge is 0.278 e. The molecule has 2 saturated heterocycles. The molecule has 0 aromatic rings. The lowest BCUT2D eigenvalue weighted by Gasteiger charge is -2.18. The first-order chi connectivity index (χ1) is 5.42. The van der Waals surface area contributed by atoms with Crippen molar-refractivity contribution in [3.8, 4) is 0 Å². The molecular formula is C8H15NS2. The van der Waals surface area contributed by atoms with Gasteiger partial charge in [-0.05, 0) is 6.42 Å². The van der Waals surface area contributed by atoms with E-state index < -0.39 is 0 Å². The molecule has 2 rings (SSSR count). The molecule has 2 aliphatic heterocycles. The van der Waals surface area contributed by atoms with Crippen LogP contribution in [0.5, 0.6) is 0 Å². The van der Waals surface area contributed by atoms with Gasteiger partial charge in [-0.15, -0.1) is 23.5 Å². The molecule has 2 fully saturated rings. The molecule has 0 amide bonds. The lowest BCUT2D eigenvalue weighted by atomic mass is 10.3. The van der Waals surface area contributed by atoms with Crippen LogP contribution in [0.1, 0.15) is 19.8 Å². The fourth-order valence-electron chi connectivity index (χ4n) is 1.28. The second kappa shape index (κ2) is 3.58. The number of hydrogen-bond acceptors (Lipinski definition) is 3. The predicted molar refractivity (Wildman–Crippen MR) is 54.1 cm³/mol. The van der Waals surface area contributed by atoms with Gasteiger partial charge in [0.2, 0.25) is 0 Å². The van der Waals surface area contributed by atoms with Crippen molar-refractivity contribution in [3.63, 3.8) is 0 Å². The first kappa shape index (κ1) is 8.27. The van der Waals surface area contributed by atoms with E-state index in [1.54, 1.807) is 0 Å². The zero-order valence-electron chi connectivity index (χ0n) is 6.95. The predicted octanol–water partition coefficient (Wildman–Crippen LogP) is 2.23. The highest BCUT2D eigenvalue weighted by atomic mass is 32.2. The van der Waals surface area contributed by atoms with Crippen LogP contribution in [0, 0.1) is 0 Å². The Kier molecular flexibility index (Phi) is 2.69. The summed E-state index contributed by atoms with van der Waals surface area (Å²) in [7, 11) is 0. The van der Waals surface area contributed by atoms with Crippen molar-refractivity contribution >= 4 is 23.5 Å². The highest BCUT2D eigenvalue weighted by molar-refractivity contribution is 8.07. The molecule has 0 saturated carbocycles. The van der Waals surface area contributed by atoms with Crippen molar-refractivity contribution in [2.75, 3.05) is 18.1 Å². The molecule has 11 heavy (non-hydrogen) atoms. The standard InChI is InChI=1S/C8H15NS2/c1-2-3-4-9(7-5-10-7)8-6-11-8/h7-8H,2-6H2,1H3/t7-,8+. The van der Waals surface area contributed by atoms with E-state index in [2.05, 4.69) is 35.3 Å². The minimum atomic E-state index is 0.904. The van der Waals surface area contributed by atoms with E-state index in [9.17, 15) is 0 Å². The number of thioether (sulfide) groups is 2. The van der Waals surface area contributed by atoms with Crippen LogP contribution in [0.15, 0.2) is 0 Å². The summed E-state index contributed by atoms with van der Waals surface area (Å²) in [6.07, 6.45) is 2.72. The normalized spacial score (nSPS) is 34.4. The Morgan fingerprint density at radius 3 is 2.18 bits per heavy atom. The molecule has 0 bridgehead atoms. The van der Waals surface area contributed by atoms with E-state index in [1.165, 1.54) is 30.9 Å². The summed E-state index contributed by atoms with van der Waals surface area (Å²) in [6, 6.07) is 0. The molecule has 0 radical (unpaired) electrons. The fraction of sp³-hybridized carbons (Fsp3) is 1.00. The summed E-state index contributed by atoms with van der Waals surface area (Å²) >= 11 is 4.22. The topological polar surface area (TPSA) is 3.24 Å². The van der Waals surface area contributed by atoms with Gasteiger partial charge in [0.15, 0.2) is 0 Å². The maximum Gasteiger partial charge on any atom is 0.0659 e. The van der Waals surface area contributed by atoms with Crippen molar-refractivity contribution in [2.24, 2.45) is 0 Å². The Bertz CT molecular complexity index is 120. The number of rotatable bonds is 5. The molecule has 2 heterocycles. The Morgan fingerprint density at radius 2 is 1.82 bits per heavy atom. The van der Waals surface area contributed by atoms with Crippen molar-refractivity contribution in [2.45, 2.75) is 30.5 Å². The van der Waals surface area contributed by atoms with Gasteiger partial charge in [0, 0.05) is 18.1 Å². The van der Waals surface area contributed by atoms with E-state index in [1.807, 2.05) is 0 Å². The van der Waals surface area contributed by atoms with Crippen LogP contribution in [0.25, 0.3) is 0 Å². The molecule has 0 N–H and O–H groups in total. The van der Waals surface area contributed by atoms with Gasteiger partial charge in [0.05, 0.1) is 10.7 Å². The van der Waals surface area contributed by atoms with Crippen molar-refractivity contribution in [3.05, 3.63) is 0 Å². The molecule has 0 aliphatic carbocycles. The van der Waals surface area contributed by atoms with Crippen LogP contribution >= 0.6 is 23.5 Å². The summed E-state index contributed by atoms with van der Waals surface area (Å²) in [6.45, 7) is 3.62. The van der Waals surface area contributed by atoms with Crippen LogP contribution < -0.4 is 0 Å². The van der Waals surface area contributed by atoms with Gasteiger partial charge in [-0.3, -0.25) is 4.90 Å². The molecule has 0 spiro atoms. The lowest BCUT2D eigenvalue weighted by molar-refractivity contribution is 0.292. The molecule has 0 aromatic heterocycles. The summed E-state index contributed by atoms with van der Waals surface area (Å²) in [5.41, 5.74) is 0. The third kappa shape index (κ3) is 2.30. The van der Waals surface area contributed by atoms with Gasteiger partial charge >= 0.3 is 0 Å². The van der Waals surface area contributed by atoms with Crippen molar-refractivity contribution in [1.82, 2.24) is 4.90 Å². The second-order valence-electron chi connectivity index (χ2n) is 3.17. The average Bonchev–Trinajstić information content (AvgIpc) is 2.85. The Morgan fingerprint density at radius 1 is 1.27 bits per heavy atom. The minimum Gasteiger partial charge on any atom is -0.278 e. The van der Waals surface area contributed by atoms with Crippen LogP contribution in [-0.4, -0.2) is 33.7 Å². The highest BCUT2D eigenvalue weighted by Gasteiger charge is 2.39. The smallest absolute Gasteiger partial charge is 0.0659 e. The Hall–Kier alpha value is 0.660. The molecule has 1 nitrogen and oxygen atoms in total. The molecule has 3 heteroatoms. The quantitative estimate of drug-likeness (QED) is 0.611. The van der Waals surface area contributed by atoms with Crippen molar-refractivity contribution < 1.29 is 0 Å². The zero-order chi connectivity index (χ0) is 7.68. The first-order valence-corrected chi connectivity index (χ1v) is 6.50. The van der Waals surface area contributed by atoms with Gasteiger partial charge < -0.3 is 0 Å². The monoisotopic (exact) mass is 189 g/mol.